The van der Waals surface area contributed by atoms with Crippen LogP contribution in [0, 0.1) is 16.7 Å². The normalized spacial score (nSPS) is 19.4. The van der Waals surface area contributed by atoms with E-state index in [-0.39, 0.29) is 5.41 Å². The lowest BCUT2D eigenvalue weighted by molar-refractivity contribution is -0.176. The molecule has 0 aromatic carbocycles. The molecule has 116 valence electrons. The zero-order valence-corrected chi connectivity index (χ0v) is 13.5. The minimum Gasteiger partial charge on any atom is -0.465 e. The first-order valence-corrected chi connectivity index (χ1v) is 7.62. The Bertz CT molecular complexity index is 326. The highest BCUT2D eigenvalue weighted by molar-refractivity contribution is 6.00. The Kier molecular flexibility index (Phi) is 5.60. The molecule has 0 aromatic rings. The molecule has 1 fully saturated rings. The third-order valence-electron chi connectivity index (χ3n) is 4.40. The number of ether oxygens (including phenoxy) is 2. The van der Waals surface area contributed by atoms with E-state index in [2.05, 4.69) is 20.8 Å². The van der Waals surface area contributed by atoms with Crippen molar-refractivity contribution in [3.05, 3.63) is 0 Å². The molecule has 0 N–H and O–H groups in total. The summed E-state index contributed by atoms with van der Waals surface area (Å²) < 4.78 is 10.3. The Hall–Kier alpha value is -1.06. The van der Waals surface area contributed by atoms with Gasteiger partial charge in [-0.2, -0.15) is 0 Å². The van der Waals surface area contributed by atoms with Crippen LogP contribution in [-0.2, 0) is 19.1 Å². The fourth-order valence-electron chi connectivity index (χ4n) is 3.01. The largest absolute Gasteiger partial charge is 0.465 e. The van der Waals surface area contributed by atoms with Crippen molar-refractivity contribution < 1.29 is 19.1 Å². The van der Waals surface area contributed by atoms with Crippen LogP contribution in [0.1, 0.15) is 60.3 Å². The maximum absolute atomic E-state index is 12.3. The quantitative estimate of drug-likeness (QED) is 0.587. The maximum atomic E-state index is 12.3. The van der Waals surface area contributed by atoms with Gasteiger partial charge in [0.2, 0.25) is 0 Å². The van der Waals surface area contributed by atoms with Crippen LogP contribution in [-0.4, -0.2) is 25.2 Å². The van der Waals surface area contributed by atoms with Crippen LogP contribution in [0.15, 0.2) is 0 Å². The van der Waals surface area contributed by atoms with Gasteiger partial charge in [0.05, 0.1) is 13.2 Å². The van der Waals surface area contributed by atoms with Gasteiger partial charge in [0.1, 0.15) is 0 Å². The van der Waals surface area contributed by atoms with Gasteiger partial charge >= 0.3 is 11.9 Å². The lowest BCUT2D eigenvalue weighted by Gasteiger charge is -2.40. The Balaban J connectivity index is 2.88. The van der Waals surface area contributed by atoms with Gasteiger partial charge in [-0.1, -0.05) is 20.8 Å². The molecule has 0 spiro atoms. The summed E-state index contributed by atoms with van der Waals surface area (Å²) >= 11 is 0. The third-order valence-corrected chi connectivity index (χ3v) is 4.40. The average Bonchev–Trinajstić information content (AvgIpc) is 2.38. The number of esters is 2. The lowest BCUT2D eigenvalue weighted by Crippen LogP contribution is -2.46. The van der Waals surface area contributed by atoms with E-state index in [9.17, 15) is 9.59 Å². The molecule has 0 atom stereocenters. The average molecular weight is 284 g/mol. The van der Waals surface area contributed by atoms with Crippen LogP contribution in [0.2, 0.25) is 0 Å². The van der Waals surface area contributed by atoms with Crippen molar-refractivity contribution in [2.24, 2.45) is 16.7 Å². The molecule has 1 saturated carbocycles. The first kappa shape index (κ1) is 17.0. The van der Waals surface area contributed by atoms with E-state index in [1.165, 1.54) is 0 Å². The van der Waals surface area contributed by atoms with Gasteiger partial charge in [-0.05, 0) is 50.9 Å². The van der Waals surface area contributed by atoms with Gasteiger partial charge in [-0.3, -0.25) is 9.59 Å². The molecular weight excluding hydrogens is 256 g/mol. The molecule has 0 aromatic heterocycles. The zero-order chi connectivity index (χ0) is 15.4. The number of rotatable bonds is 4. The molecule has 0 radical (unpaired) electrons. The van der Waals surface area contributed by atoms with Crippen molar-refractivity contribution in [1.82, 2.24) is 0 Å². The summed E-state index contributed by atoms with van der Waals surface area (Å²) in [5, 5.41) is 0. The molecule has 1 rings (SSSR count). The Morgan fingerprint density at radius 1 is 1.00 bits per heavy atom. The van der Waals surface area contributed by atoms with E-state index in [4.69, 9.17) is 9.47 Å². The molecule has 1 aliphatic rings. The summed E-state index contributed by atoms with van der Waals surface area (Å²) in [5.41, 5.74) is -0.872. The SMILES string of the molecule is CCOC(=O)C1(C(=O)OCC)CCC(C(C)(C)C)CC1. The van der Waals surface area contributed by atoms with Crippen LogP contribution in [0.5, 0.6) is 0 Å². The summed E-state index contributed by atoms with van der Waals surface area (Å²) in [7, 11) is 0. The van der Waals surface area contributed by atoms with E-state index in [0.717, 1.165) is 12.8 Å². The number of carbonyl (C=O) groups excluding carboxylic acids is 2. The van der Waals surface area contributed by atoms with Crippen molar-refractivity contribution in [3.8, 4) is 0 Å². The molecule has 20 heavy (non-hydrogen) atoms. The molecule has 0 aliphatic heterocycles. The number of hydrogen-bond donors (Lipinski definition) is 0. The maximum Gasteiger partial charge on any atom is 0.323 e. The Morgan fingerprint density at radius 2 is 1.40 bits per heavy atom. The predicted molar refractivity (Wildman–Crippen MR) is 77.1 cm³/mol. The molecule has 0 amide bonds. The summed E-state index contributed by atoms with van der Waals surface area (Å²) in [4.78, 5) is 24.5. The van der Waals surface area contributed by atoms with Crippen LogP contribution in [0.3, 0.4) is 0 Å². The summed E-state index contributed by atoms with van der Waals surface area (Å²) in [5.74, 6) is -0.295. The number of hydrogen-bond acceptors (Lipinski definition) is 4. The first-order valence-electron chi connectivity index (χ1n) is 7.62. The Labute approximate surface area is 122 Å². The summed E-state index contributed by atoms with van der Waals surface area (Å²) in [6.45, 7) is 10.7. The van der Waals surface area contributed by atoms with Gasteiger partial charge in [0, 0.05) is 0 Å². The van der Waals surface area contributed by atoms with Gasteiger partial charge in [-0.25, -0.2) is 0 Å². The number of carbonyl (C=O) groups is 2. The van der Waals surface area contributed by atoms with Crippen LogP contribution in [0.4, 0.5) is 0 Å². The van der Waals surface area contributed by atoms with Gasteiger partial charge in [0.25, 0.3) is 0 Å². The highest BCUT2D eigenvalue weighted by Gasteiger charge is 2.51. The molecular formula is C16H28O4. The fourth-order valence-corrected chi connectivity index (χ4v) is 3.01. The first-order chi connectivity index (χ1) is 9.28. The molecule has 0 bridgehead atoms. The predicted octanol–water partition coefficient (Wildman–Crippen LogP) is 3.34. The summed E-state index contributed by atoms with van der Waals surface area (Å²) in [6, 6.07) is 0. The topological polar surface area (TPSA) is 52.6 Å². The van der Waals surface area contributed by atoms with Gasteiger partial charge in [0.15, 0.2) is 5.41 Å². The van der Waals surface area contributed by atoms with E-state index in [1.54, 1.807) is 13.8 Å². The van der Waals surface area contributed by atoms with Crippen molar-refractivity contribution in [2.75, 3.05) is 13.2 Å². The van der Waals surface area contributed by atoms with Crippen LogP contribution < -0.4 is 0 Å². The lowest BCUT2D eigenvalue weighted by atomic mass is 9.64. The van der Waals surface area contributed by atoms with Gasteiger partial charge < -0.3 is 9.47 Å². The standard InChI is InChI=1S/C16H28O4/c1-6-19-13(17)16(14(18)20-7-2)10-8-12(9-11-16)15(3,4)5/h12H,6-11H2,1-5H3. The molecule has 0 unspecified atom stereocenters. The second kappa shape index (κ2) is 6.59. The monoisotopic (exact) mass is 284 g/mol. The van der Waals surface area contributed by atoms with E-state index < -0.39 is 17.4 Å². The molecule has 4 nitrogen and oxygen atoms in total. The zero-order valence-electron chi connectivity index (χ0n) is 13.5. The van der Waals surface area contributed by atoms with Crippen LogP contribution >= 0.6 is 0 Å². The van der Waals surface area contributed by atoms with E-state index >= 15 is 0 Å². The second-order valence-electron chi connectivity index (χ2n) is 6.66. The highest BCUT2D eigenvalue weighted by Crippen LogP contribution is 2.46. The molecule has 1 aliphatic carbocycles. The van der Waals surface area contributed by atoms with Crippen molar-refractivity contribution in [2.45, 2.75) is 60.3 Å². The van der Waals surface area contributed by atoms with Crippen molar-refractivity contribution in [3.63, 3.8) is 0 Å². The molecule has 0 heterocycles. The molecule has 0 saturated heterocycles. The fraction of sp³-hybridized carbons (Fsp3) is 0.875. The summed E-state index contributed by atoms with van der Waals surface area (Å²) in [6.07, 6.45) is 2.79. The minimum absolute atomic E-state index is 0.204. The molecule has 4 heteroatoms. The highest BCUT2D eigenvalue weighted by atomic mass is 16.6. The third kappa shape index (κ3) is 3.53. The minimum atomic E-state index is -1.08. The van der Waals surface area contributed by atoms with E-state index in [0.29, 0.717) is 32.0 Å². The second-order valence-corrected chi connectivity index (χ2v) is 6.66. The Morgan fingerprint density at radius 3 is 1.70 bits per heavy atom. The van der Waals surface area contributed by atoms with Gasteiger partial charge in [-0.15, -0.1) is 0 Å². The van der Waals surface area contributed by atoms with Crippen LogP contribution in [0.25, 0.3) is 0 Å². The van der Waals surface area contributed by atoms with Crippen molar-refractivity contribution in [1.29, 1.82) is 0 Å². The smallest absolute Gasteiger partial charge is 0.323 e. The van der Waals surface area contributed by atoms with Crippen molar-refractivity contribution >= 4 is 11.9 Å². The van der Waals surface area contributed by atoms with E-state index in [1.807, 2.05) is 0 Å².